The molecular formula is C22H22N4O3. The van der Waals surface area contributed by atoms with E-state index >= 15 is 0 Å². The minimum Gasteiger partial charge on any atom is -0.491 e. The van der Waals surface area contributed by atoms with Crippen molar-refractivity contribution in [2.45, 2.75) is 19.4 Å². The van der Waals surface area contributed by atoms with Crippen molar-refractivity contribution < 1.29 is 14.6 Å². The number of aromatic nitrogens is 2. The van der Waals surface area contributed by atoms with Gasteiger partial charge >= 0.3 is 0 Å². The Bertz CT molecular complexity index is 1110. The number of nitrogens with zero attached hydrogens (tertiary/aromatic N) is 2. The molecule has 3 aromatic rings. The first-order chi connectivity index (χ1) is 13.8. The summed E-state index contributed by atoms with van der Waals surface area (Å²) in [5.41, 5.74) is 6.16. The van der Waals surface area contributed by atoms with Crippen LogP contribution in [0, 0.1) is 11.8 Å². The zero-order valence-corrected chi connectivity index (χ0v) is 16.5. The third-order valence-corrected chi connectivity index (χ3v) is 4.06. The minimum absolute atomic E-state index is 0.149. The topological polar surface area (TPSA) is 110 Å². The number of ether oxygens (including phenoxy) is 1. The largest absolute Gasteiger partial charge is 0.491 e. The van der Waals surface area contributed by atoms with Gasteiger partial charge in [0.2, 0.25) is 0 Å². The Morgan fingerprint density at radius 1 is 1.21 bits per heavy atom. The van der Waals surface area contributed by atoms with Crippen LogP contribution in [0.4, 0.5) is 5.82 Å². The van der Waals surface area contributed by atoms with Crippen molar-refractivity contribution in [1.29, 1.82) is 0 Å². The second kappa shape index (κ2) is 8.17. The third kappa shape index (κ3) is 4.81. The number of carbonyl (C=O) groups is 1. The summed E-state index contributed by atoms with van der Waals surface area (Å²) in [5, 5.41) is 14.0. The van der Waals surface area contributed by atoms with E-state index in [-0.39, 0.29) is 12.3 Å². The molecule has 1 aromatic carbocycles. The Morgan fingerprint density at radius 3 is 2.55 bits per heavy atom. The van der Waals surface area contributed by atoms with Crippen molar-refractivity contribution in [3.05, 3.63) is 59.5 Å². The van der Waals surface area contributed by atoms with E-state index in [1.54, 1.807) is 45.3 Å². The lowest BCUT2D eigenvalue weighted by molar-refractivity contribution is 0.0285. The van der Waals surface area contributed by atoms with E-state index in [9.17, 15) is 9.90 Å². The second-order valence-corrected chi connectivity index (χ2v) is 7.09. The maximum Gasteiger partial charge on any atom is 0.268 e. The Hall–Kier alpha value is -3.63. The summed E-state index contributed by atoms with van der Waals surface area (Å²) in [6, 6.07) is 9.04. The molecule has 0 aliphatic carbocycles. The Balaban J connectivity index is 1.93. The van der Waals surface area contributed by atoms with Crippen molar-refractivity contribution in [3.63, 3.8) is 0 Å². The van der Waals surface area contributed by atoms with Crippen LogP contribution in [0.1, 0.15) is 35.5 Å². The molecule has 1 amide bonds. The van der Waals surface area contributed by atoms with E-state index in [1.807, 2.05) is 12.1 Å². The van der Waals surface area contributed by atoms with Gasteiger partial charge in [-0.3, -0.25) is 9.78 Å². The van der Waals surface area contributed by atoms with Gasteiger partial charge in [0.15, 0.2) is 0 Å². The first-order valence-electron chi connectivity index (χ1n) is 9.01. The molecular weight excluding hydrogens is 368 g/mol. The number of benzene rings is 1. The Morgan fingerprint density at radius 2 is 1.93 bits per heavy atom. The molecule has 2 aromatic heterocycles. The number of nitrogens with one attached hydrogen (secondary N) is 1. The highest BCUT2D eigenvalue weighted by Crippen LogP contribution is 2.26. The van der Waals surface area contributed by atoms with Crippen molar-refractivity contribution >= 4 is 22.5 Å². The van der Waals surface area contributed by atoms with Gasteiger partial charge in [0.25, 0.3) is 5.91 Å². The lowest BCUT2D eigenvalue weighted by atomic mass is 10.1. The second-order valence-electron chi connectivity index (χ2n) is 7.09. The standard InChI is InChI=1S/C22H22N4O3/c1-22(2,28)13-29-16-8-5-14(6-9-16)4-7-15-12-26-21(24-3)18-17(15)10-11-25-19(18)20(23)27/h5-6,8-12,28H,13H2,1-3H3,(H2,23,27)(H,24,26). The average molecular weight is 390 g/mol. The molecule has 7 nitrogen and oxygen atoms in total. The number of primary amides is 1. The van der Waals surface area contributed by atoms with Gasteiger partial charge in [0.1, 0.15) is 23.9 Å². The van der Waals surface area contributed by atoms with E-state index in [4.69, 9.17) is 10.5 Å². The summed E-state index contributed by atoms with van der Waals surface area (Å²) in [6.45, 7) is 3.57. The van der Waals surface area contributed by atoms with E-state index in [1.165, 1.54) is 6.20 Å². The number of pyridine rings is 2. The molecule has 0 radical (unpaired) electrons. The smallest absolute Gasteiger partial charge is 0.268 e. The summed E-state index contributed by atoms with van der Waals surface area (Å²) in [6.07, 6.45) is 3.18. The number of aliphatic hydroxyl groups is 1. The molecule has 2 heterocycles. The monoisotopic (exact) mass is 390 g/mol. The van der Waals surface area contributed by atoms with Crippen LogP contribution in [0.15, 0.2) is 42.7 Å². The summed E-state index contributed by atoms with van der Waals surface area (Å²) in [5.74, 6) is 6.73. The lowest BCUT2D eigenvalue weighted by Crippen LogP contribution is -2.27. The van der Waals surface area contributed by atoms with Crippen molar-refractivity contribution in [2.24, 2.45) is 5.73 Å². The van der Waals surface area contributed by atoms with Crippen molar-refractivity contribution in [1.82, 2.24) is 9.97 Å². The van der Waals surface area contributed by atoms with Crippen LogP contribution in [0.5, 0.6) is 5.75 Å². The fourth-order valence-electron chi connectivity index (χ4n) is 2.70. The van der Waals surface area contributed by atoms with E-state index < -0.39 is 11.5 Å². The van der Waals surface area contributed by atoms with Gasteiger partial charge in [-0.15, -0.1) is 0 Å². The van der Waals surface area contributed by atoms with E-state index in [2.05, 4.69) is 27.1 Å². The number of nitrogens with two attached hydrogens (primary N) is 1. The van der Waals surface area contributed by atoms with Crippen molar-refractivity contribution in [3.8, 4) is 17.6 Å². The van der Waals surface area contributed by atoms with Gasteiger partial charge < -0.3 is 20.9 Å². The Labute approximate surface area is 168 Å². The zero-order valence-electron chi connectivity index (χ0n) is 16.5. The molecule has 0 aliphatic heterocycles. The van der Waals surface area contributed by atoms with Crippen LogP contribution in [0.25, 0.3) is 10.8 Å². The number of hydrogen-bond donors (Lipinski definition) is 3. The van der Waals surface area contributed by atoms with E-state index in [0.717, 1.165) is 10.9 Å². The number of rotatable bonds is 5. The molecule has 4 N–H and O–H groups in total. The molecule has 0 unspecified atom stereocenters. The van der Waals surface area contributed by atoms with E-state index in [0.29, 0.717) is 22.5 Å². The number of anilines is 1. The molecule has 0 aliphatic rings. The summed E-state index contributed by atoms with van der Waals surface area (Å²) in [7, 11) is 1.71. The molecule has 0 atom stereocenters. The molecule has 3 rings (SSSR count). The highest BCUT2D eigenvalue weighted by molar-refractivity contribution is 6.09. The maximum absolute atomic E-state index is 11.8. The molecule has 7 heteroatoms. The molecule has 0 bridgehead atoms. The molecule has 0 spiro atoms. The minimum atomic E-state index is -0.898. The Kier molecular flexibility index (Phi) is 5.66. The number of fused-ring (bicyclic) bond motifs is 1. The number of hydrogen-bond acceptors (Lipinski definition) is 6. The zero-order chi connectivity index (χ0) is 21.0. The highest BCUT2D eigenvalue weighted by atomic mass is 16.5. The number of amides is 1. The predicted molar refractivity (Wildman–Crippen MR) is 112 cm³/mol. The maximum atomic E-state index is 11.8. The van der Waals surface area contributed by atoms with Gasteiger partial charge in [0, 0.05) is 30.4 Å². The summed E-state index contributed by atoms with van der Waals surface area (Å²) < 4.78 is 5.54. The SMILES string of the molecule is CNc1ncc(C#Cc2ccc(OCC(C)(C)O)cc2)c2ccnc(C(N)=O)c12. The predicted octanol–water partition coefficient (Wildman–Crippen LogP) is 2.32. The quantitative estimate of drug-likeness (QED) is 0.577. The first-order valence-corrected chi connectivity index (χ1v) is 9.01. The van der Waals surface area contributed by atoms with Gasteiger partial charge in [-0.1, -0.05) is 11.8 Å². The van der Waals surface area contributed by atoms with Crippen LogP contribution >= 0.6 is 0 Å². The fourth-order valence-corrected chi connectivity index (χ4v) is 2.70. The molecule has 0 saturated carbocycles. The van der Waals surface area contributed by atoms with Gasteiger partial charge in [0.05, 0.1) is 16.6 Å². The average Bonchev–Trinajstić information content (AvgIpc) is 2.70. The normalized spacial score (nSPS) is 10.9. The fraction of sp³-hybridized carbons (Fsp3) is 0.227. The van der Waals surface area contributed by atoms with Crippen LogP contribution < -0.4 is 15.8 Å². The molecule has 148 valence electrons. The van der Waals surface area contributed by atoms with Gasteiger partial charge in [-0.25, -0.2) is 4.98 Å². The summed E-state index contributed by atoms with van der Waals surface area (Å²) in [4.78, 5) is 20.2. The highest BCUT2D eigenvalue weighted by Gasteiger charge is 2.15. The van der Waals surface area contributed by atoms with Gasteiger partial charge in [-0.2, -0.15) is 0 Å². The van der Waals surface area contributed by atoms with Crippen LogP contribution in [-0.4, -0.2) is 40.2 Å². The van der Waals surface area contributed by atoms with Crippen molar-refractivity contribution in [2.75, 3.05) is 19.0 Å². The lowest BCUT2D eigenvalue weighted by Gasteiger charge is -2.17. The number of carbonyl (C=O) groups excluding carboxylic acids is 1. The third-order valence-electron chi connectivity index (χ3n) is 4.06. The first kappa shape index (κ1) is 20.1. The molecule has 0 fully saturated rings. The molecule has 0 saturated heterocycles. The van der Waals surface area contributed by atoms with Crippen LogP contribution in [0.3, 0.4) is 0 Å². The molecule has 29 heavy (non-hydrogen) atoms. The van der Waals surface area contributed by atoms with Crippen LogP contribution in [-0.2, 0) is 0 Å². The summed E-state index contributed by atoms with van der Waals surface area (Å²) >= 11 is 0. The van der Waals surface area contributed by atoms with Crippen LogP contribution in [0.2, 0.25) is 0 Å². The van der Waals surface area contributed by atoms with Gasteiger partial charge in [-0.05, 0) is 44.2 Å².